The Labute approximate surface area is 216 Å². The van der Waals surface area contributed by atoms with Crippen molar-refractivity contribution in [1.29, 1.82) is 0 Å². The molecule has 0 unspecified atom stereocenters. The van der Waals surface area contributed by atoms with Gasteiger partial charge in [-0.25, -0.2) is 0 Å². The largest absolute Gasteiger partial charge is 0.504 e. The van der Waals surface area contributed by atoms with Crippen LogP contribution >= 0.6 is 0 Å². The van der Waals surface area contributed by atoms with Crippen LogP contribution < -0.4 is 0 Å². The predicted molar refractivity (Wildman–Crippen MR) is 142 cm³/mol. The van der Waals surface area contributed by atoms with Crippen LogP contribution in [0.2, 0.25) is 0 Å². The molecular formula is C32H44O4. The Morgan fingerprint density at radius 1 is 1.03 bits per heavy atom. The minimum absolute atomic E-state index is 0.0136. The summed E-state index contributed by atoms with van der Waals surface area (Å²) in [5.41, 5.74) is 3.82. The van der Waals surface area contributed by atoms with Crippen molar-refractivity contribution in [2.24, 2.45) is 33.0 Å². The molecule has 6 atom stereocenters. The predicted octanol–water partition coefficient (Wildman–Crippen LogP) is 7.57. The summed E-state index contributed by atoms with van der Waals surface area (Å²) in [6.07, 6.45) is 14.2. The standard InChI is InChI=1S/C32H44O4/c1-8-17-36-27(35)29(4)12-11-28(3)13-15-31(6)24-10-9-21-20(2)26(34)23(33)18-22(21)30(24,5)14-16-32(31,7)25(28)19-29/h9-10,18,25,34H,8,11-17,19H2,1-7H3/t25-,28-,29-,30+,31-,32+/m1/s1. The summed E-state index contributed by atoms with van der Waals surface area (Å²) >= 11 is 0. The van der Waals surface area contributed by atoms with Crippen LogP contribution in [0.3, 0.4) is 0 Å². The summed E-state index contributed by atoms with van der Waals surface area (Å²) < 4.78 is 5.71. The van der Waals surface area contributed by atoms with E-state index >= 15 is 0 Å². The van der Waals surface area contributed by atoms with Gasteiger partial charge in [0.15, 0.2) is 5.76 Å². The summed E-state index contributed by atoms with van der Waals surface area (Å²) in [5, 5.41) is 10.3. The number of carbonyl (C=O) groups excluding carboxylic acids is 2. The third kappa shape index (κ3) is 3.18. The minimum atomic E-state index is -0.423. The molecule has 5 aliphatic rings. The second kappa shape index (κ2) is 7.95. The molecule has 0 aliphatic heterocycles. The van der Waals surface area contributed by atoms with Crippen LogP contribution in [0.4, 0.5) is 0 Å². The number of aliphatic hydroxyl groups is 1. The molecule has 0 aromatic carbocycles. The van der Waals surface area contributed by atoms with Crippen molar-refractivity contribution < 1.29 is 19.4 Å². The van der Waals surface area contributed by atoms with Crippen molar-refractivity contribution in [2.75, 3.05) is 6.61 Å². The molecular weight excluding hydrogens is 448 g/mol. The van der Waals surface area contributed by atoms with Gasteiger partial charge in [-0.2, -0.15) is 0 Å². The lowest BCUT2D eigenvalue weighted by Gasteiger charge is -2.70. The van der Waals surface area contributed by atoms with E-state index in [-0.39, 0.29) is 39.2 Å². The van der Waals surface area contributed by atoms with E-state index in [1.54, 1.807) is 6.08 Å². The van der Waals surface area contributed by atoms with Crippen LogP contribution in [0.1, 0.15) is 99.8 Å². The number of ether oxygens (including phenoxy) is 1. The molecule has 4 nitrogen and oxygen atoms in total. The Morgan fingerprint density at radius 2 is 1.72 bits per heavy atom. The molecule has 0 aromatic heterocycles. The number of allylic oxidation sites excluding steroid dienone is 7. The van der Waals surface area contributed by atoms with Crippen molar-refractivity contribution in [2.45, 2.75) is 99.8 Å². The number of aliphatic hydroxyl groups excluding tert-OH is 1. The van der Waals surface area contributed by atoms with Crippen molar-refractivity contribution in [3.8, 4) is 0 Å². The Morgan fingerprint density at radius 3 is 2.42 bits per heavy atom. The third-order valence-electron chi connectivity index (χ3n) is 11.8. The van der Waals surface area contributed by atoms with Crippen LogP contribution in [-0.2, 0) is 14.3 Å². The molecule has 36 heavy (non-hydrogen) atoms. The van der Waals surface area contributed by atoms with Gasteiger partial charge in [0, 0.05) is 11.0 Å². The maximum absolute atomic E-state index is 13.2. The molecule has 0 amide bonds. The molecule has 1 N–H and O–H groups in total. The second-order valence-corrected chi connectivity index (χ2v) is 13.7. The highest BCUT2D eigenvalue weighted by atomic mass is 16.5. The van der Waals surface area contributed by atoms with Gasteiger partial charge < -0.3 is 9.84 Å². The molecule has 5 rings (SSSR count). The Bertz CT molecular complexity index is 1150. The van der Waals surface area contributed by atoms with E-state index in [2.05, 4.69) is 46.8 Å². The number of rotatable bonds is 3. The Hall–Kier alpha value is -2.10. The normalized spacial score (nSPS) is 43.8. The quantitative estimate of drug-likeness (QED) is 0.413. The van der Waals surface area contributed by atoms with Gasteiger partial charge in [-0.05, 0) is 105 Å². The van der Waals surface area contributed by atoms with E-state index in [0.717, 1.165) is 62.5 Å². The molecule has 3 saturated carbocycles. The lowest BCUT2D eigenvalue weighted by Crippen LogP contribution is -2.62. The molecule has 0 aromatic rings. The average Bonchev–Trinajstić information content (AvgIpc) is 2.84. The molecule has 5 aliphatic carbocycles. The van der Waals surface area contributed by atoms with Crippen molar-refractivity contribution in [1.82, 2.24) is 0 Å². The lowest BCUT2D eigenvalue weighted by atomic mass is 9.34. The summed E-state index contributed by atoms with van der Waals surface area (Å²) in [7, 11) is 0. The molecule has 0 spiro atoms. The SMILES string of the molecule is CCCOC(=O)[C@]1(C)CC[C@]2(C)CC[C@]3(C)C4=CC=C5C(=CC(=O)C(O)=C5C)[C@]4(C)CC[C@@]3(C)[C@@H]2C1. The lowest BCUT2D eigenvalue weighted by molar-refractivity contribution is -0.182. The summed E-state index contributed by atoms with van der Waals surface area (Å²) in [6, 6.07) is 0. The van der Waals surface area contributed by atoms with E-state index in [1.165, 1.54) is 5.57 Å². The topological polar surface area (TPSA) is 63.6 Å². The number of hydrogen-bond donors (Lipinski definition) is 1. The third-order valence-corrected chi connectivity index (χ3v) is 11.8. The minimum Gasteiger partial charge on any atom is -0.504 e. The molecule has 0 radical (unpaired) electrons. The smallest absolute Gasteiger partial charge is 0.311 e. The molecule has 196 valence electrons. The van der Waals surface area contributed by atoms with Crippen LogP contribution in [0.25, 0.3) is 0 Å². The monoisotopic (exact) mass is 492 g/mol. The Kier molecular flexibility index (Phi) is 5.64. The molecule has 3 fully saturated rings. The maximum atomic E-state index is 13.2. The zero-order valence-corrected chi connectivity index (χ0v) is 23.3. The van der Waals surface area contributed by atoms with E-state index in [9.17, 15) is 14.7 Å². The van der Waals surface area contributed by atoms with Crippen LogP contribution in [0, 0.1) is 33.0 Å². The number of hydrogen-bond acceptors (Lipinski definition) is 4. The average molecular weight is 493 g/mol. The Balaban J connectivity index is 1.57. The summed E-state index contributed by atoms with van der Waals surface area (Å²) in [6.45, 7) is 16.3. The van der Waals surface area contributed by atoms with Gasteiger partial charge >= 0.3 is 5.97 Å². The highest BCUT2D eigenvalue weighted by Crippen LogP contribution is 2.75. The van der Waals surface area contributed by atoms with Gasteiger partial charge in [0.05, 0.1) is 12.0 Å². The number of fused-ring (bicyclic) bond motifs is 7. The zero-order chi connectivity index (χ0) is 26.3. The highest BCUT2D eigenvalue weighted by molar-refractivity contribution is 6.06. The maximum Gasteiger partial charge on any atom is 0.311 e. The van der Waals surface area contributed by atoms with Gasteiger partial charge in [0.1, 0.15) is 0 Å². The summed E-state index contributed by atoms with van der Waals surface area (Å²) in [5.74, 6) is 0.0214. The first kappa shape index (κ1) is 25.5. The fourth-order valence-electron chi connectivity index (χ4n) is 9.01. The van der Waals surface area contributed by atoms with Crippen LogP contribution in [0.5, 0.6) is 0 Å². The van der Waals surface area contributed by atoms with E-state index < -0.39 is 5.41 Å². The van der Waals surface area contributed by atoms with Gasteiger partial charge in [0.2, 0.25) is 5.78 Å². The van der Waals surface area contributed by atoms with Crippen molar-refractivity contribution in [3.05, 3.63) is 46.3 Å². The number of ketones is 1. The number of esters is 1. The first-order valence-corrected chi connectivity index (χ1v) is 14.0. The molecule has 0 bridgehead atoms. The van der Waals surface area contributed by atoms with Gasteiger partial charge in [-0.1, -0.05) is 52.3 Å². The van der Waals surface area contributed by atoms with Gasteiger partial charge in [0.25, 0.3) is 0 Å². The first-order chi connectivity index (χ1) is 16.8. The van der Waals surface area contributed by atoms with Crippen LogP contribution in [0.15, 0.2) is 46.3 Å². The molecule has 4 heteroatoms. The van der Waals surface area contributed by atoms with Crippen molar-refractivity contribution >= 4 is 11.8 Å². The second-order valence-electron chi connectivity index (χ2n) is 13.7. The van der Waals surface area contributed by atoms with E-state index in [4.69, 9.17) is 4.74 Å². The summed E-state index contributed by atoms with van der Waals surface area (Å²) in [4.78, 5) is 25.9. The van der Waals surface area contributed by atoms with E-state index in [0.29, 0.717) is 18.1 Å². The fourth-order valence-corrected chi connectivity index (χ4v) is 9.01. The zero-order valence-electron chi connectivity index (χ0n) is 23.3. The van der Waals surface area contributed by atoms with Gasteiger partial charge in [-0.15, -0.1) is 0 Å². The van der Waals surface area contributed by atoms with E-state index in [1.807, 2.05) is 13.8 Å². The first-order valence-electron chi connectivity index (χ1n) is 14.0. The van der Waals surface area contributed by atoms with Crippen LogP contribution in [-0.4, -0.2) is 23.5 Å². The molecule has 0 heterocycles. The van der Waals surface area contributed by atoms with Crippen molar-refractivity contribution in [3.63, 3.8) is 0 Å². The molecule has 0 saturated heterocycles. The highest BCUT2D eigenvalue weighted by Gasteiger charge is 2.67. The fraction of sp³-hybridized carbons (Fsp3) is 0.688. The van der Waals surface area contributed by atoms with Gasteiger partial charge in [-0.3, -0.25) is 9.59 Å². The number of carbonyl (C=O) groups is 2.